The number of carbonyl (C=O) groups excluding carboxylic acids is 1. The summed E-state index contributed by atoms with van der Waals surface area (Å²) in [6.07, 6.45) is 5.64. The minimum absolute atomic E-state index is 0.0105. The van der Waals surface area contributed by atoms with Crippen molar-refractivity contribution in [3.05, 3.63) is 50.5 Å². The number of piperazine rings is 1. The van der Waals surface area contributed by atoms with E-state index < -0.39 is 0 Å². The molecule has 0 radical (unpaired) electrons. The van der Waals surface area contributed by atoms with E-state index in [-0.39, 0.29) is 11.5 Å². The molecule has 5 heterocycles. The van der Waals surface area contributed by atoms with Crippen molar-refractivity contribution in [2.75, 3.05) is 31.1 Å². The summed E-state index contributed by atoms with van der Waals surface area (Å²) in [5.41, 5.74) is 1.27. The minimum atomic E-state index is -0.0497. The highest BCUT2D eigenvalue weighted by molar-refractivity contribution is 7.20. The van der Waals surface area contributed by atoms with Crippen LogP contribution >= 0.6 is 11.3 Å². The molecule has 32 heavy (non-hydrogen) atoms. The summed E-state index contributed by atoms with van der Waals surface area (Å²) in [4.78, 5) is 40.8. The normalized spacial score (nSPS) is 16.5. The number of rotatable bonds is 2. The Morgan fingerprint density at radius 3 is 2.75 bits per heavy atom. The van der Waals surface area contributed by atoms with Crippen molar-refractivity contribution >= 4 is 33.3 Å². The van der Waals surface area contributed by atoms with Gasteiger partial charge in [0.05, 0.1) is 15.8 Å². The Kier molecular flexibility index (Phi) is 5.39. The summed E-state index contributed by atoms with van der Waals surface area (Å²) in [5, 5.41) is 9.93. The number of anilines is 1. The molecule has 0 aromatic carbocycles. The van der Waals surface area contributed by atoms with E-state index in [0.29, 0.717) is 59.2 Å². The van der Waals surface area contributed by atoms with Crippen molar-refractivity contribution in [3.63, 3.8) is 0 Å². The number of hydrogen-bond acceptors (Lipinski definition) is 7. The fourth-order valence-electron chi connectivity index (χ4n) is 4.62. The molecular weight excluding hydrogens is 424 g/mol. The second-order valence-corrected chi connectivity index (χ2v) is 9.30. The zero-order valence-corrected chi connectivity index (χ0v) is 18.8. The van der Waals surface area contributed by atoms with E-state index in [1.54, 1.807) is 18.3 Å². The average Bonchev–Trinajstić information content (AvgIpc) is 2.98. The number of fused-ring (bicyclic) bond motifs is 2. The van der Waals surface area contributed by atoms with Gasteiger partial charge < -0.3 is 9.80 Å². The highest BCUT2D eigenvalue weighted by Gasteiger charge is 2.28. The van der Waals surface area contributed by atoms with Gasteiger partial charge in [0.1, 0.15) is 22.5 Å². The van der Waals surface area contributed by atoms with Crippen molar-refractivity contribution in [2.24, 2.45) is 0 Å². The number of aryl methyl sites for hydroxylation is 2. The molecule has 2 aliphatic heterocycles. The van der Waals surface area contributed by atoms with Gasteiger partial charge >= 0.3 is 0 Å². The van der Waals surface area contributed by atoms with E-state index >= 15 is 0 Å². The molecule has 0 spiro atoms. The molecule has 0 unspecified atom stereocenters. The number of hydrogen-bond donors (Lipinski definition) is 0. The van der Waals surface area contributed by atoms with Gasteiger partial charge in [0.15, 0.2) is 0 Å². The number of aromatic nitrogens is 3. The van der Waals surface area contributed by atoms with Gasteiger partial charge in [-0.2, -0.15) is 5.26 Å². The number of amides is 1. The average molecular weight is 449 g/mol. The van der Waals surface area contributed by atoms with Crippen molar-refractivity contribution < 1.29 is 4.79 Å². The lowest BCUT2D eigenvalue weighted by atomic mass is 10.1. The van der Waals surface area contributed by atoms with Crippen molar-refractivity contribution in [3.8, 4) is 6.07 Å². The maximum Gasteiger partial charge on any atom is 0.264 e. The third-order valence-corrected chi connectivity index (χ3v) is 7.55. The topological polar surface area (TPSA) is 95.1 Å². The van der Waals surface area contributed by atoms with Crippen molar-refractivity contribution in [1.29, 1.82) is 5.26 Å². The number of carbonyl (C=O) groups is 1. The quantitative estimate of drug-likeness (QED) is 0.598. The Hall–Kier alpha value is -3.25. The Bertz CT molecular complexity index is 1300. The first-order chi connectivity index (χ1) is 15.6. The van der Waals surface area contributed by atoms with E-state index in [9.17, 15) is 14.9 Å². The predicted octanol–water partition coefficient (Wildman–Crippen LogP) is 2.72. The number of thiophene rings is 1. The second-order valence-electron chi connectivity index (χ2n) is 8.30. The number of nitriles is 1. The van der Waals surface area contributed by atoms with E-state index in [0.717, 1.165) is 37.1 Å². The molecule has 3 aromatic heterocycles. The summed E-state index contributed by atoms with van der Waals surface area (Å²) in [6, 6.07) is 5.70. The van der Waals surface area contributed by atoms with Crippen LogP contribution in [0.5, 0.6) is 0 Å². The first-order valence-electron chi connectivity index (χ1n) is 11.0. The summed E-state index contributed by atoms with van der Waals surface area (Å²) >= 11 is 1.34. The van der Waals surface area contributed by atoms with Crippen molar-refractivity contribution in [1.82, 2.24) is 19.4 Å². The molecule has 1 saturated heterocycles. The van der Waals surface area contributed by atoms with Crippen LogP contribution in [0.2, 0.25) is 0 Å². The van der Waals surface area contributed by atoms with Crippen LogP contribution in [-0.4, -0.2) is 51.5 Å². The first kappa shape index (κ1) is 20.6. The third-order valence-electron chi connectivity index (χ3n) is 6.38. The fraction of sp³-hybridized carbons (Fsp3) is 0.435. The summed E-state index contributed by atoms with van der Waals surface area (Å²) in [5.74, 6) is 1.46. The Labute approximate surface area is 189 Å². The predicted molar refractivity (Wildman–Crippen MR) is 123 cm³/mol. The lowest BCUT2D eigenvalue weighted by Gasteiger charge is -2.35. The Morgan fingerprint density at radius 2 is 1.97 bits per heavy atom. The molecule has 9 heteroatoms. The van der Waals surface area contributed by atoms with Gasteiger partial charge in [-0.1, -0.05) is 6.42 Å². The molecule has 5 rings (SSSR count). The molecule has 1 fully saturated rings. The van der Waals surface area contributed by atoms with Gasteiger partial charge in [0, 0.05) is 45.3 Å². The Balaban J connectivity index is 1.40. The minimum Gasteiger partial charge on any atom is -0.352 e. The van der Waals surface area contributed by atoms with E-state index in [1.807, 2.05) is 21.3 Å². The molecule has 1 amide bonds. The SMILES string of the molecule is Cc1c(C(=O)N2CCN(c3ncccc3C#N)CC2)sc2nc3n(c(=O)c12)CCCCC3. The van der Waals surface area contributed by atoms with Gasteiger partial charge in [-0.15, -0.1) is 11.3 Å². The molecule has 3 aromatic rings. The highest BCUT2D eigenvalue weighted by atomic mass is 32.1. The van der Waals surface area contributed by atoms with Gasteiger partial charge in [-0.05, 0) is 37.5 Å². The van der Waals surface area contributed by atoms with Crippen molar-refractivity contribution in [2.45, 2.75) is 39.2 Å². The fourth-order valence-corrected chi connectivity index (χ4v) is 5.77. The third kappa shape index (κ3) is 3.45. The molecule has 0 bridgehead atoms. The number of nitrogens with zero attached hydrogens (tertiary/aromatic N) is 6. The molecule has 2 aliphatic rings. The second kappa shape index (κ2) is 8.36. The Morgan fingerprint density at radius 1 is 1.16 bits per heavy atom. The van der Waals surface area contributed by atoms with Crippen LogP contribution in [0.1, 0.15) is 45.9 Å². The molecule has 8 nitrogen and oxygen atoms in total. The van der Waals surface area contributed by atoms with Crippen LogP contribution < -0.4 is 10.5 Å². The van der Waals surface area contributed by atoms with Gasteiger partial charge in [0.2, 0.25) is 0 Å². The number of pyridine rings is 1. The van der Waals surface area contributed by atoms with E-state index in [4.69, 9.17) is 4.98 Å². The summed E-state index contributed by atoms with van der Waals surface area (Å²) in [6.45, 7) is 4.86. The van der Waals surface area contributed by atoms with Gasteiger partial charge in [-0.3, -0.25) is 14.2 Å². The van der Waals surface area contributed by atoms with E-state index in [2.05, 4.69) is 11.1 Å². The molecule has 0 atom stereocenters. The standard InChI is InChI=1S/C23H24N6O2S/c1-15-18-21(26-17-7-3-2-4-9-29(17)22(18)30)32-19(15)23(31)28-12-10-27(11-13-28)20-16(14-24)6-5-8-25-20/h5-6,8H,2-4,7,9-13H2,1H3. The lowest BCUT2D eigenvalue weighted by molar-refractivity contribution is 0.0751. The largest absolute Gasteiger partial charge is 0.352 e. The van der Waals surface area contributed by atoms with Gasteiger partial charge in [-0.25, -0.2) is 9.97 Å². The van der Waals surface area contributed by atoms with Crippen LogP contribution in [0.3, 0.4) is 0 Å². The van der Waals surface area contributed by atoms with Crippen LogP contribution in [0.25, 0.3) is 10.2 Å². The summed E-state index contributed by atoms with van der Waals surface area (Å²) in [7, 11) is 0. The van der Waals surface area contributed by atoms with Crippen LogP contribution in [0, 0.1) is 18.3 Å². The molecule has 0 saturated carbocycles. The zero-order valence-electron chi connectivity index (χ0n) is 18.0. The lowest BCUT2D eigenvalue weighted by Crippen LogP contribution is -2.49. The van der Waals surface area contributed by atoms with Crippen LogP contribution in [0.4, 0.5) is 5.82 Å². The molecular formula is C23H24N6O2S. The maximum absolute atomic E-state index is 13.4. The highest BCUT2D eigenvalue weighted by Crippen LogP contribution is 2.30. The smallest absolute Gasteiger partial charge is 0.264 e. The van der Waals surface area contributed by atoms with Crippen LogP contribution in [0.15, 0.2) is 23.1 Å². The zero-order chi connectivity index (χ0) is 22.2. The monoisotopic (exact) mass is 448 g/mol. The van der Waals surface area contributed by atoms with E-state index in [1.165, 1.54) is 11.3 Å². The molecule has 164 valence electrons. The first-order valence-corrected chi connectivity index (χ1v) is 11.8. The molecule has 0 aliphatic carbocycles. The van der Waals surface area contributed by atoms with Crippen LogP contribution in [-0.2, 0) is 13.0 Å². The summed E-state index contributed by atoms with van der Waals surface area (Å²) < 4.78 is 1.81. The molecule has 0 N–H and O–H groups in total. The maximum atomic E-state index is 13.4. The van der Waals surface area contributed by atoms with Gasteiger partial charge in [0.25, 0.3) is 11.5 Å².